The van der Waals surface area contributed by atoms with Gasteiger partial charge in [-0.15, -0.1) is 11.8 Å². The van der Waals surface area contributed by atoms with Crippen molar-refractivity contribution < 1.29 is 14.4 Å². The van der Waals surface area contributed by atoms with Crippen LogP contribution >= 0.6 is 11.8 Å². The lowest BCUT2D eigenvalue weighted by Gasteiger charge is -2.16. The van der Waals surface area contributed by atoms with Gasteiger partial charge in [0.25, 0.3) is 5.91 Å². The molecular formula is C26H22N4O3S. The van der Waals surface area contributed by atoms with Gasteiger partial charge in [-0.1, -0.05) is 18.2 Å². The second-order valence-corrected chi connectivity index (χ2v) is 8.69. The quantitative estimate of drug-likeness (QED) is 0.489. The summed E-state index contributed by atoms with van der Waals surface area (Å²) in [6, 6.07) is 23.0. The van der Waals surface area contributed by atoms with E-state index in [4.69, 9.17) is 5.26 Å². The number of rotatable bonds is 7. The number of amides is 3. The van der Waals surface area contributed by atoms with Crippen LogP contribution in [0, 0.1) is 11.3 Å². The molecule has 8 heteroatoms. The molecule has 0 atom stereocenters. The zero-order valence-electron chi connectivity index (χ0n) is 18.3. The van der Waals surface area contributed by atoms with Gasteiger partial charge in [-0.2, -0.15) is 5.26 Å². The zero-order valence-corrected chi connectivity index (χ0v) is 19.1. The van der Waals surface area contributed by atoms with Crippen molar-refractivity contribution in [3.05, 3.63) is 83.9 Å². The van der Waals surface area contributed by atoms with Crippen LogP contribution in [0.25, 0.3) is 0 Å². The highest BCUT2D eigenvalue weighted by molar-refractivity contribution is 8.00. The first kappa shape index (κ1) is 23.1. The number of carbonyl (C=O) groups excluding carboxylic acids is 3. The molecule has 7 nitrogen and oxygen atoms in total. The lowest BCUT2D eigenvalue weighted by Crippen LogP contribution is -2.23. The van der Waals surface area contributed by atoms with Gasteiger partial charge in [-0.25, -0.2) is 0 Å². The Morgan fingerprint density at radius 2 is 1.76 bits per heavy atom. The average Bonchev–Trinajstić information content (AvgIpc) is 3.29. The third kappa shape index (κ3) is 5.63. The summed E-state index contributed by atoms with van der Waals surface area (Å²) in [6.07, 6.45) is 1.42. The monoisotopic (exact) mass is 470 g/mol. The largest absolute Gasteiger partial charge is 0.325 e. The molecule has 0 spiro atoms. The summed E-state index contributed by atoms with van der Waals surface area (Å²) >= 11 is 1.26. The number of thioether (sulfide) groups is 1. The van der Waals surface area contributed by atoms with Crippen LogP contribution in [0.5, 0.6) is 0 Å². The maximum Gasteiger partial charge on any atom is 0.256 e. The fourth-order valence-corrected chi connectivity index (χ4v) is 4.48. The Kier molecular flexibility index (Phi) is 7.25. The molecule has 3 aromatic carbocycles. The highest BCUT2D eigenvalue weighted by Gasteiger charge is 2.21. The molecule has 170 valence electrons. The van der Waals surface area contributed by atoms with Crippen LogP contribution in [-0.4, -0.2) is 30.0 Å². The molecule has 4 rings (SSSR count). The number of nitrogens with zero attached hydrogens (tertiary/aromatic N) is 2. The average molecular weight is 471 g/mol. The van der Waals surface area contributed by atoms with Crippen molar-refractivity contribution in [2.24, 2.45) is 0 Å². The van der Waals surface area contributed by atoms with Gasteiger partial charge in [0, 0.05) is 34.9 Å². The van der Waals surface area contributed by atoms with Gasteiger partial charge in [-0.05, 0) is 61.0 Å². The summed E-state index contributed by atoms with van der Waals surface area (Å²) < 4.78 is 0. The molecule has 0 radical (unpaired) electrons. The Morgan fingerprint density at radius 3 is 2.50 bits per heavy atom. The normalized spacial score (nSPS) is 12.8. The SMILES string of the molecule is N#Cc1cccc(NC(=O)CSc2ccccc2C(=O)Nc2ccc(N3CCCC3=O)cc2)c1. The van der Waals surface area contributed by atoms with Gasteiger partial charge < -0.3 is 15.5 Å². The first-order valence-electron chi connectivity index (χ1n) is 10.8. The fraction of sp³-hybridized carbons (Fsp3) is 0.154. The summed E-state index contributed by atoms with van der Waals surface area (Å²) in [7, 11) is 0. The van der Waals surface area contributed by atoms with Gasteiger partial charge in [0.2, 0.25) is 11.8 Å². The predicted octanol–water partition coefficient (Wildman–Crippen LogP) is 4.67. The van der Waals surface area contributed by atoms with E-state index in [-0.39, 0.29) is 23.5 Å². The van der Waals surface area contributed by atoms with Gasteiger partial charge in [0.05, 0.1) is 22.9 Å². The summed E-state index contributed by atoms with van der Waals surface area (Å²) in [4.78, 5) is 39.6. The summed E-state index contributed by atoms with van der Waals surface area (Å²) in [5.41, 5.74) is 2.92. The fourth-order valence-electron chi connectivity index (χ4n) is 3.63. The minimum atomic E-state index is -0.282. The van der Waals surface area contributed by atoms with Crippen LogP contribution in [-0.2, 0) is 9.59 Å². The minimum absolute atomic E-state index is 0.111. The zero-order chi connectivity index (χ0) is 23.9. The topological polar surface area (TPSA) is 102 Å². The van der Waals surface area contributed by atoms with E-state index in [0.717, 1.165) is 12.1 Å². The van der Waals surface area contributed by atoms with E-state index in [0.29, 0.717) is 40.4 Å². The predicted molar refractivity (Wildman–Crippen MR) is 133 cm³/mol. The van der Waals surface area contributed by atoms with Crippen molar-refractivity contribution in [2.45, 2.75) is 17.7 Å². The van der Waals surface area contributed by atoms with E-state index >= 15 is 0 Å². The number of carbonyl (C=O) groups is 3. The maximum absolute atomic E-state index is 12.9. The van der Waals surface area contributed by atoms with E-state index in [9.17, 15) is 14.4 Å². The molecule has 0 saturated carbocycles. The molecule has 1 aliphatic heterocycles. The van der Waals surface area contributed by atoms with Crippen molar-refractivity contribution in [1.29, 1.82) is 5.26 Å². The van der Waals surface area contributed by atoms with Crippen LogP contribution < -0.4 is 15.5 Å². The van der Waals surface area contributed by atoms with E-state index in [1.165, 1.54) is 11.8 Å². The van der Waals surface area contributed by atoms with Crippen LogP contribution in [0.1, 0.15) is 28.8 Å². The van der Waals surface area contributed by atoms with Crippen LogP contribution in [0.3, 0.4) is 0 Å². The van der Waals surface area contributed by atoms with E-state index in [1.54, 1.807) is 59.5 Å². The molecule has 3 aromatic rings. The number of nitriles is 1. The molecule has 0 bridgehead atoms. The van der Waals surface area contributed by atoms with Crippen molar-refractivity contribution in [1.82, 2.24) is 0 Å². The van der Waals surface area contributed by atoms with Gasteiger partial charge in [-0.3, -0.25) is 14.4 Å². The van der Waals surface area contributed by atoms with E-state index < -0.39 is 0 Å². The van der Waals surface area contributed by atoms with E-state index in [1.807, 2.05) is 24.3 Å². The second kappa shape index (κ2) is 10.7. The van der Waals surface area contributed by atoms with Crippen LogP contribution in [0.4, 0.5) is 17.1 Å². The van der Waals surface area contributed by atoms with E-state index in [2.05, 4.69) is 10.6 Å². The number of hydrogen-bond donors (Lipinski definition) is 2. The first-order chi connectivity index (χ1) is 16.5. The summed E-state index contributed by atoms with van der Waals surface area (Å²) in [5, 5.41) is 14.6. The van der Waals surface area contributed by atoms with Crippen LogP contribution in [0.2, 0.25) is 0 Å². The van der Waals surface area contributed by atoms with Crippen molar-refractivity contribution in [3.63, 3.8) is 0 Å². The molecule has 1 fully saturated rings. The smallest absolute Gasteiger partial charge is 0.256 e. The molecular weight excluding hydrogens is 448 g/mol. The Balaban J connectivity index is 1.37. The van der Waals surface area contributed by atoms with Crippen molar-refractivity contribution in [2.75, 3.05) is 27.8 Å². The summed E-state index contributed by atoms with van der Waals surface area (Å²) in [5.74, 6) is -0.290. The molecule has 0 aliphatic carbocycles. The lowest BCUT2D eigenvalue weighted by molar-refractivity contribution is -0.117. The third-order valence-electron chi connectivity index (χ3n) is 5.28. The van der Waals surface area contributed by atoms with Gasteiger partial charge >= 0.3 is 0 Å². The molecule has 2 N–H and O–H groups in total. The maximum atomic E-state index is 12.9. The standard InChI is InChI=1S/C26H22N4O3S/c27-16-18-5-3-6-20(15-18)28-24(31)17-34-23-8-2-1-7-22(23)26(33)29-19-10-12-21(13-11-19)30-14-4-9-25(30)32/h1-3,5-8,10-13,15H,4,9,14,17H2,(H,28,31)(H,29,33). The molecule has 1 heterocycles. The Bertz CT molecular complexity index is 1270. The number of nitrogens with one attached hydrogen (secondary N) is 2. The Hall–Kier alpha value is -4.09. The van der Waals surface area contributed by atoms with Crippen molar-refractivity contribution in [3.8, 4) is 6.07 Å². The lowest BCUT2D eigenvalue weighted by atomic mass is 10.2. The molecule has 1 saturated heterocycles. The highest BCUT2D eigenvalue weighted by atomic mass is 32.2. The number of anilines is 3. The molecule has 34 heavy (non-hydrogen) atoms. The Morgan fingerprint density at radius 1 is 0.971 bits per heavy atom. The first-order valence-corrected chi connectivity index (χ1v) is 11.8. The molecule has 1 aliphatic rings. The molecule has 0 aromatic heterocycles. The minimum Gasteiger partial charge on any atom is -0.325 e. The van der Waals surface area contributed by atoms with Crippen LogP contribution in [0.15, 0.2) is 77.7 Å². The molecule has 3 amide bonds. The van der Waals surface area contributed by atoms with Gasteiger partial charge in [0.15, 0.2) is 0 Å². The second-order valence-electron chi connectivity index (χ2n) is 7.68. The highest BCUT2D eigenvalue weighted by Crippen LogP contribution is 2.26. The number of hydrogen-bond acceptors (Lipinski definition) is 5. The van der Waals surface area contributed by atoms with Crippen molar-refractivity contribution >= 4 is 46.5 Å². The van der Waals surface area contributed by atoms with Gasteiger partial charge in [0.1, 0.15) is 0 Å². The molecule has 0 unspecified atom stereocenters. The Labute approximate surface area is 201 Å². The number of benzene rings is 3. The summed E-state index contributed by atoms with van der Waals surface area (Å²) in [6.45, 7) is 0.715. The third-order valence-corrected chi connectivity index (χ3v) is 6.35.